The Kier molecular flexibility index (Phi) is 8.64. The summed E-state index contributed by atoms with van der Waals surface area (Å²) in [6.07, 6.45) is -0.835. The maximum atomic E-state index is 12.6. The minimum Gasteiger partial charge on any atom is -0.481 e. The van der Waals surface area contributed by atoms with Gasteiger partial charge in [0.25, 0.3) is 17.7 Å². The predicted octanol–water partition coefficient (Wildman–Crippen LogP) is 6.13. The minimum atomic E-state index is -0.835. The zero-order valence-corrected chi connectivity index (χ0v) is 23.0. The van der Waals surface area contributed by atoms with Crippen molar-refractivity contribution in [2.75, 3.05) is 5.32 Å². The van der Waals surface area contributed by atoms with Crippen LogP contribution in [-0.2, 0) is 10.2 Å². The van der Waals surface area contributed by atoms with E-state index in [0.29, 0.717) is 22.6 Å². The number of nitrogens with one attached hydrogen (secondary N) is 3. The molecule has 0 bridgehead atoms. The Morgan fingerprint density at radius 2 is 1.20 bits per heavy atom. The molecule has 40 heavy (non-hydrogen) atoms. The zero-order chi connectivity index (χ0) is 28.7. The van der Waals surface area contributed by atoms with Crippen molar-refractivity contribution in [1.82, 2.24) is 10.9 Å². The first-order valence-electron chi connectivity index (χ1n) is 13.0. The van der Waals surface area contributed by atoms with Crippen LogP contribution in [0.2, 0.25) is 0 Å². The van der Waals surface area contributed by atoms with E-state index in [2.05, 4.69) is 36.9 Å². The fraction of sp³-hybridized carbons (Fsp3) is 0.182. The summed E-state index contributed by atoms with van der Waals surface area (Å²) in [5.74, 6) is -0.699. The summed E-state index contributed by atoms with van der Waals surface area (Å²) in [7, 11) is 0. The molecule has 204 valence electrons. The molecule has 0 aliphatic rings. The van der Waals surface area contributed by atoms with Crippen molar-refractivity contribution in [1.29, 1.82) is 0 Å². The summed E-state index contributed by atoms with van der Waals surface area (Å²) in [6, 6.07) is 31.3. The number of benzene rings is 4. The number of hydrazine groups is 1. The third kappa shape index (κ3) is 7.35. The van der Waals surface area contributed by atoms with Crippen LogP contribution in [0.4, 0.5) is 5.69 Å². The van der Waals surface area contributed by atoms with Gasteiger partial charge in [-0.25, -0.2) is 0 Å². The van der Waals surface area contributed by atoms with E-state index in [-0.39, 0.29) is 11.3 Å². The molecule has 4 rings (SSSR count). The molecule has 0 radical (unpaired) electrons. The van der Waals surface area contributed by atoms with Crippen LogP contribution in [-0.4, -0.2) is 23.8 Å². The van der Waals surface area contributed by atoms with Gasteiger partial charge in [-0.3, -0.25) is 25.2 Å². The monoisotopic (exact) mass is 535 g/mol. The highest BCUT2D eigenvalue weighted by Gasteiger charge is 2.17. The molecular weight excluding hydrogens is 502 g/mol. The SMILES string of the molecule is CC(Oc1ccc(-c2ccccc2)cc1)C(=O)NNC(=O)c1ccc(NC(=O)c2ccc(C(C)(C)C)cc2)cc1. The van der Waals surface area contributed by atoms with Crippen molar-refractivity contribution in [3.8, 4) is 16.9 Å². The molecule has 1 unspecified atom stereocenters. The van der Waals surface area contributed by atoms with Crippen molar-refractivity contribution >= 4 is 23.4 Å². The Morgan fingerprint density at radius 3 is 1.80 bits per heavy atom. The lowest BCUT2D eigenvalue weighted by Crippen LogP contribution is -2.47. The summed E-state index contributed by atoms with van der Waals surface area (Å²) in [6.45, 7) is 7.95. The number of carbonyl (C=O) groups is 3. The maximum Gasteiger partial charge on any atom is 0.279 e. The summed E-state index contributed by atoms with van der Waals surface area (Å²) >= 11 is 0. The molecule has 7 heteroatoms. The van der Waals surface area contributed by atoms with Crippen LogP contribution in [0.3, 0.4) is 0 Å². The molecule has 0 spiro atoms. The van der Waals surface area contributed by atoms with Crippen molar-refractivity contribution in [3.63, 3.8) is 0 Å². The van der Waals surface area contributed by atoms with Gasteiger partial charge in [0.05, 0.1) is 0 Å². The summed E-state index contributed by atoms with van der Waals surface area (Å²) < 4.78 is 5.71. The van der Waals surface area contributed by atoms with Crippen LogP contribution >= 0.6 is 0 Å². The van der Waals surface area contributed by atoms with E-state index in [1.807, 2.05) is 54.6 Å². The van der Waals surface area contributed by atoms with Gasteiger partial charge in [-0.1, -0.05) is 75.4 Å². The van der Waals surface area contributed by atoms with Crippen LogP contribution in [0.15, 0.2) is 103 Å². The fourth-order valence-corrected chi connectivity index (χ4v) is 3.94. The number of hydrogen-bond donors (Lipinski definition) is 3. The van der Waals surface area contributed by atoms with Gasteiger partial charge < -0.3 is 10.1 Å². The van der Waals surface area contributed by atoms with E-state index >= 15 is 0 Å². The molecule has 3 amide bonds. The van der Waals surface area contributed by atoms with Crippen LogP contribution in [0, 0.1) is 0 Å². The number of amides is 3. The lowest BCUT2D eigenvalue weighted by Gasteiger charge is -2.19. The van der Waals surface area contributed by atoms with Crippen LogP contribution < -0.4 is 20.9 Å². The molecule has 0 heterocycles. The van der Waals surface area contributed by atoms with E-state index in [1.54, 1.807) is 55.5 Å². The van der Waals surface area contributed by atoms with Gasteiger partial charge in [0, 0.05) is 16.8 Å². The first-order valence-corrected chi connectivity index (χ1v) is 13.0. The quantitative estimate of drug-likeness (QED) is 0.248. The predicted molar refractivity (Wildman–Crippen MR) is 157 cm³/mol. The summed E-state index contributed by atoms with van der Waals surface area (Å²) in [5, 5.41) is 2.83. The van der Waals surface area contributed by atoms with Gasteiger partial charge in [-0.2, -0.15) is 0 Å². The third-order valence-corrected chi connectivity index (χ3v) is 6.36. The standard InChI is InChI=1S/C33H33N3O4/c1-22(40-29-20-14-24(15-21-29)23-8-6-5-7-9-23)30(37)35-36-32(39)26-12-18-28(19-13-26)34-31(38)25-10-16-27(17-11-25)33(2,3)4/h5-22H,1-4H3,(H,34,38)(H,35,37)(H,36,39). The highest BCUT2D eigenvalue weighted by atomic mass is 16.5. The molecule has 3 N–H and O–H groups in total. The topological polar surface area (TPSA) is 96.5 Å². The third-order valence-electron chi connectivity index (χ3n) is 6.36. The largest absolute Gasteiger partial charge is 0.481 e. The Morgan fingerprint density at radius 1 is 0.650 bits per heavy atom. The lowest BCUT2D eigenvalue weighted by atomic mass is 9.87. The van der Waals surface area contributed by atoms with Crippen LogP contribution in [0.25, 0.3) is 11.1 Å². The lowest BCUT2D eigenvalue weighted by molar-refractivity contribution is -0.128. The fourth-order valence-electron chi connectivity index (χ4n) is 3.94. The van der Waals surface area contributed by atoms with Crippen molar-refractivity contribution < 1.29 is 19.1 Å². The maximum absolute atomic E-state index is 12.6. The average molecular weight is 536 g/mol. The molecule has 7 nitrogen and oxygen atoms in total. The van der Waals surface area contributed by atoms with Crippen LogP contribution in [0.5, 0.6) is 5.75 Å². The summed E-state index contributed by atoms with van der Waals surface area (Å²) in [4.78, 5) is 37.6. The molecule has 4 aromatic carbocycles. The highest BCUT2D eigenvalue weighted by molar-refractivity contribution is 6.04. The van der Waals surface area contributed by atoms with Crippen molar-refractivity contribution in [2.24, 2.45) is 0 Å². The van der Waals surface area contributed by atoms with E-state index in [1.165, 1.54) is 0 Å². The number of anilines is 1. The second-order valence-electron chi connectivity index (χ2n) is 10.5. The van der Waals surface area contributed by atoms with Crippen molar-refractivity contribution in [3.05, 3.63) is 120 Å². The highest BCUT2D eigenvalue weighted by Crippen LogP contribution is 2.24. The van der Waals surface area contributed by atoms with Crippen LogP contribution in [0.1, 0.15) is 54.0 Å². The normalized spacial score (nSPS) is 11.7. The molecule has 0 aliphatic carbocycles. The van der Waals surface area contributed by atoms with Crippen molar-refractivity contribution in [2.45, 2.75) is 39.2 Å². The molecule has 0 saturated heterocycles. The molecule has 0 aromatic heterocycles. The molecule has 0 fully saturated rings. The number of hydrogen-bond acceptors (Lipinski definition) is 4. The Bertz CT molecular complexity index is 1460. The molecule has 0 aliphatic heterocycles. The molecule has 4 aromatic rings. The Labute approximate surface area is 234 Å². The van der Waals surface area contributed by atoms with E-state index in [4.69, 9.17) is 4.74 Å². The molecule has 0 saturated carbocycles. The second kappa shape index (κ2) is 12.3. The van der Waals surface area contributed by atoms with Gasteiger partial charge in [0.1, 0.15) is 5.75 Å². The van der Waals surface area contributed by atoms with E-state index in [0.717, 1.165) is 16.7 Å². The first kappa shape index (κ1) is 28.1. The minimum absolute atomic E-state index is 0.00500. The Hall–Kier alpha value is -4.91. The average Bonchev–Trinajstić information content (AvgIpc) is 2.96. The number of ether oxygens (including phenoxy) is 1. The number of rotatable bonds is 7. The van der Waals surface area contributed by atoms with Gasteiger partial charge in [0.15, 0.2) is 6.10 Å². The number of carbonyl (C=O) groups excluding carboxylic acids is 3. The van der Waals surface area contributed by atoms with Gasteiger partial charge >= 0.3 is 0 Å². The molecule has 1 atom stereocenters. The van der Waals surface area contributed by atoms with Gasteiger partial charge in [0.2, 0.25) is 0 Å². The summed E-state index contributed by atoms with van der Waals surface area (Å²) in [5.41, 5.74) is 9.46. The smallest absolute Gasteiger partial charge is 0.279 e. The zero-order valence-electron chi connectivity index (χ0n) is 23.0. The molecular formula is C33H33N3O4. The van der Waals surface area contributed by atoms with E-state index in [9.17, 15) is 14.4 Å². The van der Waals surface area contributed by atoms with E-state index < -0.39 is 17.9 Å². The van der Waals surface area contributed by atoms with Gasteiger partial charge in [-0.15, -0.1) is 0 Å². The first-order chi connectivity index (χ1) is 19.1. The second-order valence-corrected chi connectivity index (χ2v) is 10.5. The Balaban J connectivity index is 1.25. The van der Waals surface area contributed by atoms with Gasteiger partial charge in [-0.05, 0) is 77.6 Å².